The van der Waals surface area contributed by atoms with Gasteiger partial charge >= 0.3 is 0 Å². The maximum Gasteiger partial charge on any atom is 0.183 e. The van der Waals surface area contributed by atoms with Gasteiger partial charge in [0.2, 0.25) is 0 Å². The monoisotopic (exact) mass is 311 g/mol. The Bertz CT molecular complexity index is 529. The number of fused-ring (bicyclic) bond motifs is 1. The van der Waals surface area contributed by atoms with E-state index >= 15 is 0 Å². The number of rotatable bonds is 5. The van der Waals surface area contributed by atoms with Crippen LogP contribution in [0.15, 0.2) is 6.33 Å². The number of nitrogens with zero attached hydrogens (tertiary/aromatic N) is 2. The van der Waals surface area contributed by atoms with Crippen LogP contribution in [-0.2, 0) is 4.74 Å². The topological polar surface area (TPSA) is 117 Å². The van der Waals surface area contributed by atoms with E-state index in [0.717, 1.165) is 13.0 Å². The molecule has 122 valence electrons. The van der Waals surface area contributed by atoms with Crippen LogP contribution in [0.4, 0.5) is 5.82 Å². The summed E-state index contributed by atoms with van der Waals surface area (Å²) in [4.78, 5) is 8.43. The molecule has 0 saturated carbocycles. The molecular formula is C14H21N3O5. The molecule has 22 heavy (non-hydrogen) atoms. The summed E-state index contributed by atoms with van der Waals surface area (Å²) in [5.74, 6) is 0.890. The van der Waals surface area contributed by atoms with Gasteiger partial charge in [0.05, 0.1) is 30.9 Å². The molecule has 1 aromatic heterocycles. The molecule has 0 bridgehead atoms. The van der Waals surface area contributed by atoms with E-state index in [2.05, 4.69) is 22.2 Å². The van der Waals surface area contributed by atoms with Gasteiger partial charge in [0, 0.05) is 6.54 Å². The number of aliphatic hydroxyl groups is 3. The standard InChI is InChI=1S/C14H21N3O5/c1-2-3-15-14-13-9(16-6-17-14)7(5-21-13)12-11(20)10(19)8(4-18)22-12/h6-8,10-12,18-20H,2-5H2,1H3,(H,15,16,17)/t7?,8-,10-,11-,12+/m1/s1. The summed E-state index contributed by atoms with van der Waals surface area (Å²) in [6.07, 6.45) is -1.25. The van der Waals surface area contributed by atoms with Gasteiger partial charge in [-0.25, -0.2) is 9.97 Å². The van der Waals surface area contributed by atoms with Gasteiger partial charge in [-0.15, -0.1) is 0 Å². The van der Waals surface area contributed by atoms with E-state index in [4.69, 9.17) is 9.47 Å². The first-order valence-electron chi connectivity index (χ1n) is 7.51. The van der Waals surface area contributed by atoms with E-state index in [1.807, 2.05) is 0 Å². The Labute approximate surface area is 128 Å². The molecule has 1 aromatic rings. The number of aliphatic hydroxyl groups excluding tert-OH is 3. The van der Waals surface area contributed by atoms with E-state index in [1.54, 1.807) is 0 Å². The van der Waals surface area contributed by atoms with Gasteiger partial charge in [-0.3, -0.25) is 0 Å². The molecule has 1 saturated heterocycles. The molecule has 0 radical (unpaired) electrons. The van der Waals surface area contributed by atoms with Gasteiger partial charge in [-0.1, -0.05) is 6.92 Å². The van der Waals surface area contributed by atoms with Crippen molar-refractivity contribution in [2.75, 3.05) is 25.1 Å². The Balaban J connectivity index is 1.83. The summed E-state index contributed by atoms with van der Waals surface area (Å²) in [6.45, 7) is 2.77. The van der Waals surface area contributed by atoms with Crippen molar-refractivity contribution in [3.8, 4) is 5.75 Å². The molecule has 1 unspecified atom stereocenters. The van der Waals surface area contributed by atoms with Crippen LogP contribution >= 0.6 is 0 Å². The SMILES string of the molecule is CCCNc1ncnc2c1OCC2[C@@H]1O[C@H](CO)[C@@H](O)[C@H]1O. The van der Waals surface area contributed by atoms with Crippen molar-refractivity contribution in [3.05, 3.63) is 12.0 Å². The molecule has 3 heterocycles. The van der Waals surface area contributed by atoms with Crippen LogP contribution in [0.1, 0.15) is 25.0 Å². The maximum absolute atomic E-state index is 10.2. The second kappa shape index (κ2) is 6.33. The number of hydrogen-bond acceptors (Lipinski definition) is 8. The predicted octanol–water partition coefficient (Wildman–Crippen LogP) is -0.744. The van der Waals surface area contributed by atoms with E-state index < -0.39 is 24.4 Å². The molecular weight excluding hydrogens is 290 g/mol. The lowest BCUT2D eigenvalue weighted by Crippen LogP contribution is -2.36. The summed E-state index contributed by atoms with van der Waals surface area (Å²) >= 11 is 0. The second-order valence-electron chi connectivity index (χ2n) is 5.58. The van der Waals surface area contributed by atoms with Crippen LogP contribution < -0.4 is 10.1 Å². The lowest BCUT2D eigenvalue weighted by molar-refractivity contribution is -0.0325. The molecule has 0 aromatic carbocycles. The van der Waals surface area contributed by atoms with Crippen LogP contribution in [0.5, 0.6) is 5.75 Å². The van der Waals surface area contributed by atoms with Crippen LogP contribution in [0.2, 0.25) is 0 Å². The third-order valence-corrected chi connectivity index (χ3v) is 4.11. The van der Waals surface area contributed by atoms with Gasteiger partial charge in [0.25, 0.3) is 0 Å². The first-order valence-corrected chi connectivity index (χ1v) is 7.51. The first-order chi connectivity index (χ1) is 10.7. The Kier molecular flexibility index (Phi) is 4.44. The average Bonchev–Trinajstić information content (AvgIpc) is 3.08. The number of nitrogens with one attached hydrogen (secondary N) is 1. The number of anilines is 1. The zero-order chi connectivity index (χ0) is 15.7. The van der Waals surface area contributed by atoms with Crippen LogP contribution in [0.3, 0.4) is 0 Å². The highest BCUT2D eigenvalue weighted by molar-refractivity contribution is 5.55. The zero-order valence-electron chi connectivity index (χ0n) is 12.3. The molecule has 5 atom stereocenters. The highest BCUT2D eigenvalue weighted by atomic mass is 16.6. The first kappa shape index (κ1) is 15.4. The van der Waals surface area contributed by atoms with E-state index in [0.29, 0.717) is 23.9 Å². The Morgan fingerprint density at radius 1 is 1.32 bits per heavy atom. The van der Waals surface area contributed by atoms with Crippen LogP contribution in [0.25, 0.3) is 0 Å². The van der Waals surface area contributed by atoms with Crippen molar-refractivity contribution in [2.24, 2.45) is 0 Å². The molecule has 0 aliphatic carbocycles. The quantitative estimate of drug-likeness (QED) is 0.561. The van der Waals surface area contributed by atoms with Crippen molar-refractivity contribution in [1.82, 2.24) is 9.97 Å². The molecule has 1 fully saturated rings. The number of hydrogen-bond donors (Lipinski definition) is 4. The smallest absolute Gasteiger partial charge is 0.183 e. The van der Waals surface area contributed by atoms with Crippen molar-refractivity contribution in [3.63, 3.8) is 0 Å². The molecule has 2 aliphatic rings. The van der Waals surface area contributed by atoms with Crippen molar-refractivity contribution in [2.45, 2.75) is 43.7 Å². The van der Waals surface area contributed by atoms with Gasteiger partial charge in [0.15, 0.2) is 11.6 Å². The lowest BCUT2D eigenvalue weighted by Gasteiger charge is -2.19. The highest BCUT2D eigenvalue weighted by Gasteiger charge is 2.49. The third kappa shape index (κ3) is 2.52. The summed E-state index contributed by atoms with van der Waals surface area (Å²) in [5, 5.41) is 32.4. The van der Waals surface area contributed by atoms with Crippen molar-refractivity contribution in [1.29, 1.82) is 0 Å². The lowest BCUT2D eigenvalue weighted by atomic mass is 9.94. The minimum Gasteiger partial charge on any atom is -0.487 e. The van der Waals surface area contributed by atoms with E-state index in [9.17, 15) is 15.3 Å². The molecule has 0 spiro atoms. The number of aromatic nitrogens is 2. The molecule has 4 N–H and O–H groups in total. The van der Waals surface area contributed by atoms with Gasteiger partial charge < -0.3 is 30.1 Å². The highest BCUT2D eigenvalue weighted by Crippen LogP contribution is 2.42. The van der Waals surface area contributed by atoms with Gasteiger partial charge in [-0.05, 0) is 6.42 Å². The second-order valence-corrected chi connectivity index (χ2v) is 5.58. The molecule has 0 amide bonds. The van der Waals surface area contributed by atoms with Gasteiger partial charge in [0.1, 0.15) is 24.6 Å². The summed E-state index contributed by atoms with van der Waals surface area (Å²) in [7, 11) is 0. The molecule has 8 nitrogen and oxygen atoms in total. The summed E-state index contributed by atoms with van der Waals surface area (Å²) < 4.78 is 11.3. The average molecular weight is 311 g/mol. The summed E-state index contributed by atoms with van der Waals surface area (Å²) in [5.41, 5.74) is 0.656. The molecule has 3 rings (SSSR count). The van der Waals surface area contributed by atoms with Crippen LogP contribution in [-0.4, -0.2) is 69.5 Å². The van der Waals surface area contributed by atoms with Gasteiger partial charge in [-0.2, -0.15) is 0 Å². The van der Waals surface area contributed by atoms with Crippen LogP contribution in [0, 0.1) is 0 Å². The Morgan fingerprint density at radius 3 is 2.82 bits per heavy atom. The fourth-order valence-corrected chi connectivity index (χ4v) is 2.93. The molecule has 2 aliphatic heterocycles. The fraction of sp³-hybridized carbons (Fsp3) is 0.714. The largest absolute Gasteiger partial charge is 0.487 e. The zero-order valence-corrected chi connectivity index (χ0v) is 12.3. The Morgan fingerprint density at radius 2 is 2.14 bits per heavy atom. The van der Waals surface area contributed by atoms with Crippen molar-refractivity contribution < 1.29 is 24.8 Å². The van der Waals surface area contributed by atoms with E-state index in [-0.39, 0.29) is 12.5 Å². The van der Waals surface area contributed by atoms with Crippen molar-refractivity contribution >= 4 is 5.82 Å². The fourth-order valence-electron chi connectivity index (χ4n) is 2.93. The minimum atomic E-state index is -1.11. The minimum absolute atomic E-state index is 0.293. The van der Waals surface area contributed by atoms with E-state index in [1.165, 1.54) is 6.33 Å². The normalized spacial score (nSPS) is 33.5. The Hall–Kier alpha value is -1.48. The third-order valence-electron chi connectivity index (χ3n) is 4.11. The predicted molar refractivity (Wildman–Crippen MR) is 76.8 cm³/mol. The molecule has 8 heteroatoms. The summed E-state index contributed by atoms with van der Waals surface area (Å²) in [6, 6.07) is 0. The maximum atomic E-state index is 10.2. The number of ether oxygens (including phenoxy) is 2.